The molecule has 3 amide bonds. The fourth-order valence-electron chi connectivity index (χ4n) is 1.86. The maximum atomic E-state index is 11.8. The summed E-state index contributed by atoms with van der Waals surface area (Å²) in [6.45, 7) is 4.58. The van der Waals surface area contributed by atoms with E-state index in [9.17, 15) is 9.59 Å². The number of quaternary nitrogens is 1. The monoisotopic (exact) mass is 346 g/mol. The molecule has 5 nitrogen and oxygen atoms in total. The third-order valence-corrected chi connectivity index (χ3v) is 3.80. The van der Waals surface area contributed by atoms with Gasteiger partial charge < -0.3 is 10.2 Å². The number of carbonyl (C=O) groups excluding carboxylic acids is 2. The van der Waals surface area contributed by atoms with Crippen molar-refractivity contribution in [2.75, 3.05) is 13.6 Å². The molecule has 0 aliphatic carbocycles. The number of carbonyl (C=O) groups is 2. The van der Waals surface area contributed by atoms with E-state index >= 15 is 0 Å². The van der Waals surface area contributed by atoms with Crippen LogP contribution in [-0.4, -0.2) is 31.6 Å². The van der Waals surface area contributed by atoms with E-state index in [0.717, 1.165) is 16.9 Å². The van der Waals surface area contributed by atoms with Crippen LogP contribution in [0.1, 0.15) is 25.8 Å². The third-order valence-electron chi connectivity index (χ3n) is 3.21. The zero-order valence-corrected chi connectivity index (χ0v) is 14.5. The molecular formula is C15H22Cl2N3O2+. The predicted molar refractivity (Wildman–Crippen MR) is 88.3 cm³/mol. The van der Waals surface area contributed by atoms with Crippen LogP contribution in [0.15, 0.2) is 18.2 Å². The number of nitrogens with one attached hydrogen (secondary N) is 3. The van der Waals surface area contributed by atoms with Gasteiger partial charge in [0.05, 0.1) is 12.1 Å². The Balaban J connectivity index is 2.45. The molecule has 0 fully saturated rings. The fourth-order valence-corrected chi connectivity index (χ4v) is 2.33. The van der Waals surface area contributed by atoms with Crippen molar-refractivity contribution in [2.45, 2.75) is 32.9 Å². The SMILES string of the molecule is CC[C@@H](C)NC(=O)NC(=O)C[NH+](C)Cc1ccc(Cl)cc1Cl. The second-order valence-corrected chi connectivity index (χ2v) is 6.22. The molecule has 3 N–H and O–H groups in total. The second-order valence-electron chi connectivity index (χ2n) is 5.38. The first kappa shape index (κ1) is 18.7. The second kappa shape index (κ2) is 8.98. The highest BCUT2D eigenvalue weighted by atomic mass is 35.5. The number of hydrogen-bond donors (Lipinski definition) is 3. The van der Waals surface area contributed by atoms with E-state index < -0.39 is 6.03 Å². The Morgan fingerprint density at radius 3 is 2.59 bits per heavy atom. The van der Waals surface area contributed by atoms with Gasteiger partial charge in [0.15, 0.2) is 6.54 Å². The van der Waals surface area contributed by atoms with Crippen LogP contribution in [0.25, 0.3) is 0 Å². The van der Waals surface area contributed by atoms with Crippen LogP contribution < -0.4 is 15.5 Å². The predicted octanol–water partition coefficient (Wildman–Crippen LogP) is 1.63. The molecule has 0 aliphatic heterocycles. The van der Waals surface area contributed by atoms with Crippen LogP contribution in [0.5, 0.6) is 0 Å². The summed E-state index contributed by atoms with van der Waals surface area (Å²) >= 11 is 12.0. The number of imide groups is 1. The van der Waals surface area contributed by atoms with E-state index in [4.69, 9.17) is 23.2 Å². The molecule has 1 aromatic carbocycles. The molecule has 0 bridgehead atoms. The lowest BCUT2D eigenvalue weighted by atomic mass is 10.2. The minimum absolute atomic E-state index is 0.0331. The van der Waals surface area contributed by atoms with Gasteiger partial charge in [-0.2, -0.15) is 0 Å². The average Bonchev–Trinajstić information content (AvgIpc) is 2.41. The topological polar surface area (TPSA) is 62.6 Å². The van der Waals surface area contributed by atoms with Crippen LogP contribution in [0.4, 0.5) is 4.79 Å². The molecule has 0 saturated carbocycles. The Morgan fingerprint density at radius 2 is 2.00 bits per heavy atom. The lowest BCUT2D eigenvalue weighted by Gasteiger charge is -2.15. The first-order valence-corrected chi connectivity index (χ1v) is 7.93. The molecule has 122 valence electrons. The van der Waals surface area contributed by atoms with Gasteiger partial charge in [-0.25, -0.2) is 4.79 Å². The number of rotatable bonds is 6. The molecule has 22 heavy (non-hydrogen) atoms. The molecule has 0 aliphatic rings. The number of likely N-dealkylation sites (N-methyl/N-ethyl adjacent to an activating group) is 1. The molecule has 1 rings (SSSR count). The molecule has 0 radical (unpaired) electrons. The minimum Gasteiger partial charge on any atom is -0.335 e. The highest BCUT2D eigenvalue weighted by Gasteiger charge is 2.15. The zero-order valence-electron chi connectivity index (χ0n) is 13.0. The van der Waals surface area contributed by atoms with Crippen LogP contribution >= 0.6 is 23.2 Å². The summed E-state index contributed by atoms with van der Waals surface area (Å²) in [6.07, 6.45) is 0.807. The average molecular weight is 347 g/mol. The maximum Gasteiger partial charge on any atom is 0.321 e. The molecule has 0 heterocycles. The molecular weight excluding hydrogens is 325 g/mol. The van der Waals surface area contributed by atoms with Crippen LogP contribution in [0, 0.1) is 0 Å². The van der Waals surface area contributed by atoms with Crippen molar-refractivity contribution in [3.05, 3.63) is 33.8 Å². The number of amides is 3. The van der Waals surface area contributed by atoms with E-state index in [1.807, 2.05) is 27.0 Å². The van der Waals surface area contributed by atoms with Gasteiger partial charge in [0, 0.05) is 16.6 Å². The molecule has 1 aromatic rings. The summed E-state index contributed by atoms with van der Waals surface area (Å²) in [5.74, 6) is -0.330. The number of urea groups is 1. The summed E-state index contributed by atoms with van der Waals surface area (Å²) in [5, 5.41) is 6.15. The van der Waals surface area contributed by atoms with Gasteiger partial charge in [-0.1, -0.05) is 36.2 Å². The molecule has 2 atom stereocenters. The van der Waals surface area contributed by atoms with E-state index in [2.05, 4.69) is 10.6 Å². The van der Waals surface area contributed by atoms with Gasteiger partial charge in [0.25, 0.3) is 5.91 Å². The van der Waals surface area contributed by atoms with Crippen molar-refractivity contribution in [1.82, 2.24) is 10.6 Å². The lowest BCUT2D eigenvalue weighted by molar-refractivity contribution is -0.885. The first-order chi connectivity index (χ1) is 10.3. The van der Waals surface area contributed by atoms with Gasteiger partial charge in [0.2, 0.25) is 0 Å². The molecule has 0 saturated heterocycles. The van der Waals surface area contributed by atoms with Gasteiger partial charge in [-0.3, -0.25) is 10.1 Å². The first-order valence-electron chi connectivity index (χ1n) is 7.17. The Morgan fingerprint density at radius 1 is 1.32 bits per heavy atom. The van der Waals surface area contributed by atoms with E-state index in [0.29, 0.717) is 16.6 Å². The van der Waals surface area contributed by atoms with Gasteiger partial charge in [0.1, 0.15) is 6.54 Å². The van der Waals surface area contributed by atoms with Crippen molar-refractivity contribution in [1.29, 1.82) is 0 Å². The number of halogens is 2. The highest BCUT2D eigenvalue weighted by molar-refractivity contribution is 6.35. The van der Waals surface area contributed by atoms with Crippen molar-refractivity contribution < 1.29 is 14.5 Å². The van der Waals surface area contributed by atoms with Crippen molar-refractivity contribution >= 4 is 35.1 Å². The van der Waals surface area contributed by atoms with Gasteiger partial charge in [-0.15, -0.1) is 0 Å². The Kier molecular flexibility index (Phi) is 7.65. The van der Waals surface area contributed by atoms with Gasteiger partial charge >= 0.3 is 6.03 Å². The van der Waals surface area contributed by atoms with Crippen LogP contribution in [0.2, 0.25) is 10.0 Å². The minimum atomic E-state index is -0.461. The number of hydrogen-bond acceptors (Lipinski definition) is 2. The Labute approximate surface area is 141 Å². The summed E-state index contributed by atoms with van der Waals surface area (Å²) < 4.78 is 0. The summed E-state index contributed by atoms with van der Waals surface area (Å²) in [7, 11) is 1.86. The Hall–Kier alpha value is -1.30. The number of benzene rings is 1. The third kappa shape index (κ3) is 6.64. The smallest absolute Gasteiger partial charge is 0.321 e. The van der Waals surface area contributed by atoms with E-state index in [1.54, 1.807) is 12.1 Å². The van der Waals surface area contributed by atoms with Gasteiger partial charge in [-0.05, 0) is 25.5 Å². The molecule has 1 unspecified atom stereocenters. The van der Waals surface area contributed by atoms with Crippen LogP contribution in [0.3, 0.4) is 0 Å². The summed E-state index contributed by atoms with van der Waals surface area (Å²) in [5.41, 5.74) is 0.903. The molecule has 0 spiro atoms. The van der Waals surface area contributed by atoms with Crippen molar-refractivity contribution in [2.24, 2.45) is 0 Å². The van der Waals surface area contributed by atoms with E-state index in [1.165, 1.54) is 0 Å². The lowest BCUT2D eigenvalue weighted by Crippen LogP contribution is -3.09. The van der Waals surface area contributed by atoms with E-state index in [-0.39, 0.29) is 18.5 Å². The Bertz CT molecular complexity index is 538. The zero-order chi connectivity index (χ0) is 16.7. The highest BCUT2D eigenvalue weighted by Crippen LogP contribution is 2.19. The molecule has 0 aromatic heterocycles. The summed E-state index contributed by atoms with van der Waals surface area (Å²) in [4.78, 5) is 24.3. The molecule has 7 heteroatoms. The quantitative estimate of drug-likeness (QED) is 0.733. The fraction of sp³-hybridized carbons (Fsp3) is 0.467. The van der Waals surface area contributed by atoms with Crippen LogP contribution in [-0.2, 0) is 11.3 Å². The van der Waals surface area contributed by atoms with Crippen molar-refractivity contribution in [3.63, 3.8) is 0 Å². The summed E-state index contributed by atoms with van der Waals surface area (Å²) in [6, 6.07) is 4.84. The standard InChI is InChI=1S/C15H21Cl2N3O2/c1-4-10(2)18-15(22)19-14(21)9-20(3)8-11-5-6-12(16)7-13(11)17/h5-7,10H,4,8-9H2,1-3H3,(H2,18,19,21,22)/p+1/t10-/m1/s1. The normalized spacial score (nSPS) is 13.3. The van der Waals surface area contributed by atoms with Crippen molar-refractivity contribution in [3.8, 4) is 0 Å². The maximum absolute atomic E-state index is 11.8. The largest absolute Gasteiger partial charge is 0.335 e.